The Balaban J connectivity index is 4.71. The first-order chi connectivity index (χ1) is 7.06. The first-order valence-electron chi connectivity index (χ1n) is 3.66. The van der Waals surface area contributed by atoms with E-state index in [9.17, 15) is 9.18 Å². The fraction of sp³-hybridized carbons (Fsp3) is 0.200. The minimum atomic E-state index is -2.32. The summed E-state index contributed by atoms with van der Waals surface area (Å²) in [6.45, 7) is 1.07. The Morgan fingerprint density at radius 1 is 1.33 bits per heavy atom. The number of carbonyl (C=O) groups excluding carboxylic acids is 1. The Labute approximate surface area is 90.8 Å². The molecule has 0 amide bonds. The predicted molar refractivity (Wildman–Crippen MR) is 57.5 cm³/mol. The van der Waals surface area contributed by atoms with Crippen LogP contribution in [0.1, 0.15) is 6.92 Å². The molecule has 0 N–H and O–H groups in total. The number of Topliss-reactive ketones (excluding diaryl/α,β-unsaturated/α-hetero) is 1. The highest BCUT2D eigenvalue weighted by Gasteiger charge is 2.29. The molecule has 0 aliphatic carbocycles. The Morgan fingerprint density at radius 3 is 2.33 bits per heavy atom. The third kappa shape index (κ3) is 4.89. The van der Waals surface area contributed by atoms with Crippen molar-refractivity contribution >= 4 is 21.8 Å². The highest BCUT2D eigenvalue weighted by Crippen LogP contribution is 2.29. The quantitative estimate of drug-likeness (QED) is 0.383. The number of rotatable bonds is 2. The van der Waals surface area contributed by atoms with Crippen LogP contribution < -0.4 is 0 Å². The van der Waals surface area contributed by atoms with Crippen molar-refractivity contribution < 1.29 is 9.18 Å². The molecular weight excluding hydrogens is 211 g/mol. The zero-order chi connectivity index (χ0) is 11.7. The molecule has 0 bridgehead atoms. The third-order valence-electron chi connectivity index (χ3n) is 1.22. The monoisotopic (exact) mass is 215 g/mol. The Kier molecular flexibility index (Phi) is 5.91. The first-order valence-corrected chi connectivity index (χ1v) is 4.73. The van der Waals surface area contributed by atoms with Gasteiger partial charge in [-0.3, -0.25) is 4.79 Å². The molecule has 0 aliphatic rings. The normalized spacial score (nSPS) is 11.8. The lowest BCUT2D eigenvalue weighted by molar-refractivity contribution is -0.121. The molecule has 2 nitrogen and oxygen atoms in total. The number of halogens is 1. The van der Waals surface area contributed by atoms with Gasteiger partial charge in [-0.15, -0.1) is 8.46 Å². The lowest BCUT2D eigenvalue weighted by Gasteiger charge is -2.11. The zero-order valence-electron chi connectivity index (χ0n) is 7.81. The van der Waals surface area contributed by atoms with Gasteiger partial charge in [-0.25, -0.2) is 4.39 Å². The summed E-state index contributed by atoms with van der Waals surface area (Å²) in [4.78, 5) is 10.8. The fourth-order valence-corrected chi connectivity index (χ4v) is 0.803. The summed E-state index contributed by atoms with van der Waals surface area (Å²) in [6.07, 6.45) is 0. The Bertz CT molecular complexity index is 477. The molecule has 2 atom stereocenters. The lowest BCUT2D eigenvalue weighted by Crippen LogP contribution is -2.23. The number of hydrogen-bond donors (Lipinski definition) is 0. The van der Waals surface area contributed by atoms with Crippen LogP contribution in [-0.4, -0.2) is 18.8 Å². The molecule has 0 aromatic rings. The van der Waals surface area contributed by atoms with E-state index < -0.39 is 19.7 Å². The van der Waals surface area contributed by atoms with E-state index in [1.807, 2.05) is 11.8 Å². The SMILES string of the molecule is [B]PC(F)(C#CC#CC#CC#N)C(C)=O. The van der Waals surface area contributed by atoms with Crippen molar-refractivity contribution in [3.05, 3.63) is 0 Å². The van der Waals surface area contributed by atoms with Gasteiger partial charge in [0.25, 0.3) is 0 Å². The zero-order valence-corrected chi connectivity index (χ0v) is 8.81. The molecule has 0 aliphatic heterocycles. The van der Waals surface area contributed by atoms with Gasteiger partial charge in [0.1, 0.15) is 7.57 Å². The average molecular weight is 215 g/mol. The molecule has 70 valence electrons. The van der Waals surface area contributed by atoms with Crippen LogP contribution in [0.4, 0.5) is 4.39 Å². The van der Waals surface area contributed by atoms with Gasteiger partial charge in [0.05, 0.1) is 0 Å². The van der Waals surface area contributed by atoms with Crippen molar-refractivity contribution in [2.45, 2.75) is 12.3 Å². The molecule has 0 rings (SSSR count). The van der Waals surface area contributed by atoms with Crippen LogP contribution in [0.25, 0.3) is 0 Å². The Hall–Kier alpha value is -1.74. The van der Waals surface area contributed by atoms with E-state index in [1.165, 1.54) is 0 Å². The number of nitriles is 1. The fourth-order valence-electron chi connectivity index (χ4n) is 0.465. The molecule has 0 aromatic heterocycles. The van der Waals surface area contributed by atoms with Crippen LogP contribution in [0.2, 0.25) is 0 Å². The lowest BCUT2D eigenvalue weighted by atomic mass is 10.3. The van der Waals surface area contributed by atoms with Crippen molar-refractivity contribution in [1.29, 1.82) is 5.26 Å². The molecule has 2 radical (unpaired) electrons. The summed E-state index contributed by atoms with van der Waals surface area (Å²) in [5.41, 5.74) is 0. The van der Waals surface area contributed by atoms with Crippen LogP contribution in [0.5, 0.6) is 0 Å². The van der Waals surface area contributed by atoms with Crippen molar-refractivity contribution in [3.8, 4) is 41.6 Å². The summed E-state index contributed by atoms with van der Waals surface area (Å²) in [6, 6.07) is 1.55. The van der Waals surface area contributed by atoms with Crippen molar-refractivity contribution in [2.24, 2.45) is 0 Å². The van der Waals surface area contributed by atoms with Gasteiger partial charge in [0.2, 0.25) is 5.41 Å². The van der Waals surface area contributed by atoms with Gasteiger partial charge < -0.3 is 0 Å². The van der Waals surface area contributed by atoms with Gasteiger partial charge in [0.15, 0.2) is 11.9 Å². The molecular formula is C10H4BFNOP. The number of hydrogen-bond acceptors (Lipinski definition) is 2. The van der Waals surface area contributed by atoms with Gasteiger partial charge in [0, 0.05) is 17.8 Å². The number of nitrogens with zero attached hydrogens (tertiary/aromatic N) is 1. The van der Waals surface area contributed by atoms with Crippen LogP contribution in [-0.2, 0) is 4.79 Å². The summed E-state index contributed by atoms with van der Waals surface area (Å²) < 4.78 is 13.4. The van der Waals surface area contributed by atoms with E-state index in [0.717, 1.165) is 6.92 Å². The maximum Gasteiger partial charge on any atom is 0.234 e. The average Bonchev–Trinajstić information content (AvgIpc) is 2.22. The molecule has 0 spiro atoms. The van der Waals surface area contributed by atoms with Gasteiger partial charge >= 0.3 is 0 Å². The molecule has 0 saturated heterocycles. The second-order valence-corrected chi connectivity index (χ2v) is 3.20. The molecule has 0 saturated carbocycles. The molecule has 2 unspecified atom stereocenters. The standard InChI is InChI=1S/C10H4BFNOP/c1-9(14)10(12,15-11)7-5-3-2-4-6-8-13/h15H,1H3. The maximum absolute atomic E-state index is 13.4. The van der Waals surface area contributed by atoms with Crippen LogP contribution in [0, 0.1) is 46.9 Å². The second-order valence-electron chi connectivity index (χ2n) is 2.22. The second kappa shape index (κ2) is 6.68. The van der Waals surface area contributed by atoms with Gasteiger partial charge in [-0.05, 0) is 24.7 Å². The number of alkyl halides is 1. The van der Waals surface area contributed by atoms with E-state index in [1.54, 1.807) is 6.07 Å². The molecule has 0 heterocycles. The Morgan fingerprint density at radius 2 is 1.87 bits per heavy atom. The van der Waals surface area contributed by atoms with Crippen LogP contribution >= 0.6 is 8.46 Å². The van der Waals surface area contributed by atoms with Crippen LogP contribution in [0.3, 0.4) is 0 Å². The van der Waals surface area contributed by atoms with Crippen molar-refractivity contribution in [3.63, 3.8) is 0 Å². The van der Waals surface area contributed by atoms with E-state index in [2.05, 4.69) is 23.7 Å². The van der Waals surface area contributed by atoms with Crippen LogP contribution in [0.15, 0.2) is 0 Å². The number of ketones is 1. The number of carbonyl (C=O) groups is 1. The predicted octanol–water partition coefficient (Wildman–Crippen LogP) is 0.537. The minimum absolute atomic E-state index is 0.749. The topological polar surface area (TPSA) is 40.9 Å². The van der Waals surface area contributed by atoms with E-state index in [0.29, 0.717) is 0 Å². The summed E-state index contributed by atoms with van der Waals surface area (Å²) >= 11 is 0. The van der Waals surface area contributed by atoms with E-state index in [4.69, 9.17) is 12.8 Å². The highest BCUT2D eigenvalue weighted by atomic mass is 31.1. The first kappa shape index (κ1) is 13.3. The van der Waals surface area contributed by atoms with Gasteiger partial charge in [-0.2, -0.15) is 5.26 Å². The smallest absolute Gasteiger partial charge is 0.234 e. The molecule has 0 aromatic carbocycles. The van der Waals surface area contributed by atoms with Crippen molar-refractivity contribution in [1.82, 2.24) is 0 Å². The highest BCUT2D eigenvalue weighted by molar-refractivity contribution is 7.68. The largest absolute Gasteiger partial charge is 0.295 e. The summed E-state index contributed by atoms with van der Waals surface area (Å²) in [5, 5.41) is 5.69. The minimum Gasteiger partial charge on any atom is -0.295 e. The summed E-state index contributed by atoms with van der Waals surface area (Å²) in [7, 11) is 4.33. The van der Waals surface area contributed by atoms with Gasteiger partial charge in [-0.1, -0.05) is 0 Å². The molecule has 5 heteroatoms. The summed E-state index contributed by atoms with van der Waals surface area (Å²) in [5.74, 6) is 12.0. The maximum atomic E-state index is 13.4. The third-order valence-corrected chi connectivity index (χ3v) is 2.10. The van der Waals surface area contributed by atoms with E-state index in [-0.39, 0.29) is 0 Å². The van der Waals surface area contributed by atoms with E-state index >= 15 is 0 Å². The molecule has 15 heavy (non-hydrogen) atoms. The molecule has 0 fully saturated rings. The van der Waals surface area contributed by atoms with Crippen molar-refractivity contribution in [2.75, 3.05) is 0 Å².